The Bertz CT molecular complexity index is 739. The highest BCUT2D eigenvalue weighted by Crippen LogP contribution is 2.24. The molecule has 0 aliphatic heterocycles. The molecular formula is C13H15N3O4S. The van der Waals surface area contributed by atoms with Gasteiger partial charge in [-0.2, -0.15) is 0 Å². The molecule has 112 valence electrons. The summed E-state index contributed by atoms with van der Waals surface area (Å²) in [5.41, 5.74) is 3.13. The minimum Gasteiger partial charge on any atom is -0.495 e. The van der Waals surface area contributed by atoms with E-state index >= 15 is 0 Å². The average Bonchev–Trinajstić information content (AvgIpc) is 2.99. The number of methoxy groups -OCH3 is 1. The van der Waals surface area contributed by atoms with Crippen LogP contribution in [0.15, 0.2) is 41.4 Å². The lowest BCUT2D eigenvalue weighted by atomic mass is 10.2. The van der Waals surface area contributed by atoms with Crippen LogP contribution in [-0.4, -0.2) is 26.4 Å². The molecule has 0 radical (unpaired) electrons. The van der Waals surface area contributed by atoms with Gasteiger partial charge in [-0.25, -0.2) is 8.42 Å². The first-order valence-electron chi connectivity index (χ1n) is 6.04. The van der Waals surface area contributed by atoms with E-state index in [1.165, 1.54) is 19.2 Å². The number of hydrazine groups is 1. The fourth-order valence-corrected chi connectivity index (χ4v) is 2.80. The Morgan fingerprint density at radius 1 is 1.29 bits per heavy atom. The van der Waals surface area contributed by atoms with Crippen LogP contribution in [0.2, 0.25) is 0 Å². The maximum absolute atomic E-state index is 12.2. The number of hydrogen-bond acceptors (Lipinski definition) is 4. The minimum absolute atomic E-state index is 0.0446. The molecule has 7 nitrogen and oxygen atoms in total. The molecule has 3 N–H and O–H groups in total. The molecule has 2 rings (SSSR count). The van der Waals surface area contributed by atoms with E-state index in [4.69, 9.17) is 4.74 Å². The van der Waals surface area contributed by atoms with E-state index in [9.17, 15) is 13.2 Å². The smallest absolute Gasteiger partial charge is 0.282 e. The van der Waals surface area contributed by atoms with Gasteiger partial charge in [0.2, 0.25) is 0 Å². The average molecular weight is 309 g/mol. The summed E-state index contributed by atoms with van der Waals surface area (Å²) in [5, 5.41) is 0. The summed E-state index contributed by atoms with van der Waals surface area (Å²) in [5.74, 6) is -0.391. The zero-order chi connectivity index (χ0) is 15.5. The van der Waals surface area contributed by atoms with E-state index in [1.54, 1.807) is 31.3 Å². The number of H-pyrrole nitrogens is 1. The molecule has 2 aromatic rings. The third-order valence-electron chi connectivity index (χ3n) is 2.75. The van der Waals surface area contributed by atoms with E-state index in [-0.39, 0.29) is 16.3 Å². The lowest BCUT2D eigenvalue weighted by Gasteiger charge is -2.11. The van der Waals surface area contributed by atoms with E-state index < -0.39 is 15.9 Å². The number of amides is 1. The molecule has 0 aliphatic carbocycles. The van der Waals surface area contributed by atoms with Gasteiger partial charge in [0.05, 0.1) is 7.11 Å². The number of rotatable bonds is 5. The Morgan fingerprint density at radius 3 is 2.67 bits per heavy atom. The van der Waals surface area contributed by atoms with E-state index in [2.05, 4.69) is 10.4 Å². The van der Waals surface area contributed by atoms with Crippen molar-refractivity contribution >= 4 is 15.9 Å². The number of sulfonamides is 1. The zero-order valence-corrected chi connectivity index (χ0v) is 12.3. The highest BCUT2D eigenvalue weighted by atomic mass is 32.2. The zero-order valence-electron chi connectivity index (χ0n) is 11.5. The number of nitrogens with one attached hydrogen (secondary N) is 3. The maximum Gasteiger partial charge on any atom is 0.282 e. The largest absolute Gasteiger partial charge is 0.495 e. The molecule has 0 saturated carbocycles. The molecular weight excluding hydrogens is 294 g/mol. The first-order valence-corrected chi connectivity index (χ1v) is 7.52. The van der Waals surface area contributed by atoms with Gasteiger partial charge in [0.1, 0.15) is 16.3 Å². The third-order valence-corrected chi connectivity index (χ3v) is 4.02. The summed E-state index contributed by atoms with van der Waals surface area (Å²) < 4.78 is 29.5. The van der Waals surface area contributed by atoms with Crippen LogP contribution in [0, 0.1) is 6.92 Å². The van der Waals surface area contributed by atoms with E-state index in [0.717, 1.165) is 5.56 Å². The van der Waals surface area contributed by atoms with Crippen molar-refractivity contribution in [2.75, 3.05) is 7.11 Å². The van der Waals surface area contributed by atoms with Crippen molar-refractivity contribution in [3.63, 3.8) is 0 Å². The number of aromatic nitrogens is 1. The van der Waals surface area contributed by atoms with Crippen LogP contribution >= 0.6 is 0 Å². The Labute approximate surface area is 122 Å². The molecule has 1 aromatic carbocycles. The van der Waals surface area contributed by atoms with Gasteiger partial charge in [-0.1, -0.05) is 6.07 Å². The van der Waals surface area contributed by atoms with Gasteiger partial charge in [0, 0.05) is 6.20 Å². The monoisotopic (exact) mass is 309 g/mol. The van der Waals surface area contributed by atoms with Gasteiger partial charge in [-0.15, -0.1) is 4.83 Å². The quantitative estimate of drug-likeness (QED) is 0.716. The van der Waals surface area contributed by atoms with Crippen LogP contribution in [0.25, 0.3) is 0 Å². The Morgan fingerprint density at radius 2 is 2.05 bits per heavy atom. The molecule has 0 bridgehead atoms. The maximum atomic E-state index is 12.2. The third kappa shape index (κ3) is 3.41. The molecule has 1 heterocycles. The van der Waals surface area contributed by atoms with Crippen molar-refractivity contribution in [2.45, 2.75) is 11.8 Å². The van der Waals surface area contributed by atoms with E-state index in [0.29, 0.717) is 0 Å². The molecule has 1 amide bonds. The highest BCUT2D eigenvalue weighted by Gasteiger charge is 2.20. The Balaban J connectivity index is 2.19. The lowest BCUT2D eigenvalue weighted by Crippen LogP contribution is -2.41. The molecule has 0 unspecified atom stereocenters. The number of benzene rings is 1. The van der Waals surface area contributed by atoms with Crippen molar-refractivity contribution in [3.8, 4) is 5.75 Å². The number of aryl methyl sites for hydroxylation is 1. The Hall–Kier alpha value is -2.32. The topological polar surface area (TPSA) is 100 Å². The van der Waals surface area contributed by atoms with Gasteiger partial charge >= 0.3 is 0 Å². The molecule has 0 fully saturated rings. The molecule has 0 aliphatic rings. The van der Waals surface area contributed by atoms with Crippen molar-refractivity contribution in [2.24, 2.45) is 0 Å². The molecule has 0 atom stereocenters. The number of ether oxygens (including phenoxy) is 1. The second-order valence-electron chi connectivity index (χ2n) is 4.30. The minimum atomic E-state index is -3.93. The standard InChI is InChI=1S/C13H15N3O4S/c1-9-5-6-11(20-2)12(8-9)21(18,19)16-15-13(17)10-4-3-7-14-10/h3-8,14,16H,1-2H3,(H,15,17). The van der Waals surface area contributed by atoms with Crippen LogP contribution in [0.3, 0.4) is 0 Å². The molecule has 1 aromatic heterocycles. The van der Waals surface area contributed by atoms with Crippen LogP contribution in [0.4, 0.5) is 0 Å². The van der Waals surface area contributed by atoms with Gasteiger partial charge in [-0.3, -0.25) is 10.2 Å². The summed E-state index contributed by atoms with van der Waals surface area (Å²) in [6, 6.07) is 7.90. The van der Waals surface area contributed by atoms with Crippen LogP contribution < -0.4 is 15.0 Å². The summed E-state index contributed by atoms with van der Waals surface area (Å²) >= 11 is 0. The summed E-state index contributed by atoms with van der Waals surface area (Å²) in [4.78, 5) is 16.4. The van der Waals surface area contributed by atoms with Crippen molar-refractivity contribution in [1.82, 2.24) is 15.2 Å². The lowest BCUT2D eigenvalue weighted by molar-refractivity contribution is 0.0940. The van der Waals surface area contributed by atoms with Crippen molar-refractivity contribution < 1.29 is 17.9 Å². The summed E-state index contributed by atoms with van der Waals surface area (Å²) in [6.07, 6.45) is 1.56. The Kier molecular flexibility index (Phi) is 4.29. The van der Waals surface area contributed by atoms with Crippen LogP contribution in [0.5, 0.6) is 5.75 Å². The van der Waals surface area contributed by atoms with Crippen LogP contribution in [-0.2, 0) is 10.0 Å². The van der Waals surface area contributed by atoms with Gasteiger partial charge in [0.15, 0.2) is 0 Å². The number of hydrogen-bond donors (Lipinski definition) is 3. The molecule has 8 heteroatoms. The normalized spacial score (nSPS) is 11.1. The van der Waals surface area contributed by atoms with Gasteiger partial charge in [0.25, 0.3) is 15.9 Å². The fraction of sp³-hybridized carbons (Fsp3) is 0.154. The van der Waals surface area contributed by atoms with Gasteiger partial charge in [-0.05, 0) is 36.8 Å². The van der Waals surface area contributed by atoms with Gasteiger partial charge < -0.3 is 9.72 Å². The summed E-state index contributed by atoms with van der Waals surface area (Å²) in [7, 11) is -2.56. The van der Waals surface area contributed by atoms with Crippen molar-refractivity contribution in [3.05, 3.63) is 47.8 Å². The predicted octanol–water partition coefficient (Wildman–Crippen LogP) is 0.955. The second kappa shape index (κ2) is 5.98. The number of carbonyl (C=O) groups is 1. The number of aromatic amines is 1. The first kappa shape index (κ1) is 15.1. The van der Waals surface area contributed by atoms with E-state index in [1.807, 2.05) is 4.83 Å². The van der Waals surface area contributed by atoms with Crippen LogP contribution in [0.1, 0.15) is 16.1 Å². The first-order chi connectivity index (χ1) is 9.94. The fourth-order valence-electron chi connectivity index (χ4n) is 1.70. The predicted molar refractivity (Wildman–Crippen MR) is 76.3 cm³/mol. The van der Waals surface area contributed by atoms with Crippen molar-refractivity contribution in [1.29, 1.82) is 0 Å². The molecule has 0 saturated heterocycles. The SMILES string of the molecule is COc1ccc(C)cc1S(=O)(=O)NNC(=O)c1ccc[nH]1. The molecule has 21 heavy (non-hydrogen) atoms. The number of carbonyl (C=O) groups excluding carboxylic acids is 1. The summed E-state index contributed by atoms with van der Waals surface area (Å²) in [6.45, 7) is 1.76. The highest BCUT2D eigenvalue weighted by molar-refractivity contribution is 7.89. The molecule has 0 spiro atoms. The second-order valence-corrected chi connectivity index (χ2v) is 5.95.